The third kappa shape index (κ3) is 1.80. The topological polar surface area (TPSA) is 52.8 Å². The van der Waals surface area contributed by atoms with Gasteiger partial charge in [-0.15, -0.1) is 16.8 Å². The van der Waals surface area contributed by atoms with Gasteiger partial charge in [0.2, 0.25) is 0 Å². The summed E-state index contributed by atoms with van der Waals surface area (Å²) in [5, 5.41) is 0. The molecule has 1 unspecified atom stereocenters. The molecule has 0 aliphatic carbocycles. The van der Waals surface area contributed by atoms with Gasteiger partial charge in [0.25, 0.3) is 5.84 Å². The number of dihydropyridines is 1. The smallest absolute Gasteiger partial charge is 0.255 e. The number of rotatable bonds is 2. The fourth-order valence-electron chi connectivity index (χ4n) is 2.11. The Labute approximate surface area is 110 Å². The van der Waals surface area contributed by atoms with E-state index in [1.54, 1.807) is 25.0 Å². The van der Waals surface area contributed by atoms with E-state index < -0.39 is 5.92 Å². The Balaban J connectivity index is 2.58. The summed E-state index contributed by atoms with van der Waals surface area (Å²) >= 11 is 1.64. The minimum Gasteiger partial charge on any atom is -0.255 e. The van der Waals surface area contributed by atoms with Gasteiger partial charge in [0.1, 0.15) is 6.21 Å². The number of thioether (sulfide) groups is 1. The monoisotopic (exact) mass is 266 g/mol. The van der Waals surface area contributed by atoms with E-state index >= 15 is 0 Å². The molecule has 0 aromatic rings. The molecule has 0 aromatic heterocycles. The average Bonchev–Trinajstić information content (AvgIpc) is 2.36. The number of aliphatic imine (C=N–C) groups is 1. The molecule has 6 heteroatoms. The van der Waals surface area contributed by atoms with Gasteiger partial charge in [0.05, 0.1) is 14.1 Å². The maximum absolute atomic E-state index is 12.3. The highest BCUT2D eigenvalue weighted by Crippen LogP contribution is 2.34. The number of carbonyl (C=O) groups excluding carboxylic acids is 2. The fourth-order valence-corrected chi connectivity index (χ4v) is 3.08. The standard InChI is InChI=1S/C12H16N3O2S/c1-5-18-9-7(2)6-13-10-8(9)11(16)15(4)12(17)14(10)3/h6,8H,5H2,1-4H3/q+1. The number of amides is 3. The molecule has 1 atom stereocenters. The van der Waals surface area contributed by atoms with Gasteiger partial charge in [-0.25, -0.2) is 4.79 Å². The molecule has 0 radical (unpaired) electrons. The molecule has 0 bridgehead atoms. The highest BCUT2D eigenvalue weighted by Gasteiger charge is 2.47. The first-order chi connectivity index (χ1) is 8.49. The summed E-state index contributed by atoms with van der Waals surface area (Å²) in [7, 11) is 3.17. The first kappa shape index (κ1) is 13.0. The van der Waals surface area contributed by atoms with Gasteiger partial charge in [-0.05, 0) is 18.2 Å². The lowest BCUT2D eigenvalue weighted by atomic mass is 9.99. The van der Waals surface area contributed by atoms with Crippen LogP contribution in [-0.2, 0) is 4.79 Å². The molecule has 2 rings (SSSR count). The van der Waals surface area contributed by atoms with Crippen LogP contribution in [0.15, 0.2) is 15.5 Å². The lowest BCUT2D eigenvalue weighted by Gasteiger charge is -2.27. The molecule has 0 spiro atoms. The van der Waals surface area contributed by atoms with Crippen LogP contribution in [0, 0.1) is 5.92 Å². The third-order valence-corrected chi connectivity index (χ3v) is 4.25. The minimum absolute atomic E-state index is 0.194. The van der Waals surface area contributed by atoms with Gasteiger partial charge < -0.3 is 0 Å². The summed E-state index contributed by atoms with van der Waals surface area (Å²) in [6.45, 7) is 3.99. The Bertz CT molecular complexity index is 519. The van der Waals surface area contributed by atoms with Crippen molar-refractivity contribution in [1.82, 2.24) is 4.90 Å². The van der Waals surface area contributed by atoms with Crippen molar-refractivity contribution in [2.75, 3.05) is 19.8 Å². The van der Waals surface area contributed by atoms with Crippen molar-refractivity contribution in [2.45, 2.75) is 13.8 Å². The first-order valence-corrected chi connectivity index (χ1v) is 6.77. The summed E-state index contributed by atoms with van der Waals surface area (Å²) in [6.07, 6.45) is 1.73. The maximum Gasteiger partial charge on any atom is 0.445 e. The van der Waals surface area contributed by atoms with Crippen LogP contribution in [0.3, 0.4) is 0 Å². The minimum atomic E-state index is -0.423. The van der Waals surface area contributed by atoms with Gasteiger partial charge in [0, 0.05) is 4.91 Å². The van der Waals surface area contributed by atoms with Crippen LogP contribution in [0.1, 0.15) is 13.8 Å². The molecule has 0 aromatic carbocycles. The Hall–Kier alpha value is -1.43. The van der Waals surface area contributed by atoms with Crippen LogP contribution in [-0.4, -0.2) is 53.3 Å². The zero-order valence-corrected chi connectivity index (χ0v) is 11.7. The Kier molecular flexibility index (Phi) is 3.38. The van der Waals surface area contributed by atoms with E-state index in [4.69, 9.17) is 0 Å². The summed E-state index contributed by atoms with van der Waals surface area (Å²) < 4.78 is 1.45. The molecule has 2 aliphatic rings. The zero-order valence-electron chi connectivity index (χ0n) is 10.9. The van der Waals surface area contributed by atoms with Crippen LogP contribution in [0.25, 0.3) is 0 Å². The predicted octanol–water partition coefficient (Wildman–Crippen LogP) is 1.35. The van der Waals surface area contributed by atoms with Gasteiger partial charge >= 0.3 is 11.9 Å². The molecule has 0 fully saturated rings. The van der Waals surface area contributed by atoms with Crippen molar-refractivity contribution in [2.24, 2.45) is 10.9 Å². The highest BCUT2D eigenvalue weighted by molar-refractivity contribution is 8.03. The van der Waals surface area contributed by atoms with Crippen molar-refractivity contribution in [3.63, 3.8) is 0 Å². The lowest BCUT2D eigenvalue weighted by Crippen LogP contribution is -2.52. The van der Waals surface area contributed by atoms with Crippen LogP contribution < -0.4 is 0 Å². The van der Waals surface area contributed by atoms with E-state index in [9.17, 15) is 9.59 Å². The van der Waals surface area contributed by atoms with E-state index in [0.717, 1.165) is 16.2 Å². The number of amidine groups is 1. The Morgan fingerprint density at radius 2 is 2.17 bits per heavy atom. The van der Waals surface area contributed by atoms with Gasteiger partial charge in [-0.1, -0.05) is 6.92 Å². The summed E-state index contributed by atoms with van der Waals surface area (Å²) in [5.41, 5.74) is 1.00. The number of hydrogen-bond donors (Lipinski definition) is 0. The Morgan fingerprint density at radius 1 is 1.50 bits per heavy atom. The van der Waals surface area contributed by atoms with E-state index in [-0.39, 0.29) is 11.9 Å². The number of hydrogen-bond acceptors (Lipinski definition) is 4. The van der Waals surface area contributed by atoms with Gasteiger partial charge in [0.15, 0.2) is 5.92 Å². The van der Waals surface area contributed by atoms with E-state index in [2.05, 4.69) is 4.99 Å². The predicted molar refractivity (Wildman–Crippen MR) is 72.2 cm³/mol. The second kappa shape index (κ2) is 4.68. The van der Waals surface area contributed by atoms with E-state index in [1.165, 1.54) is 16.5 Å². The zero-order chi connectivity index (χ0) is 13.4. The van der Waals surface area contributed by atoms with Crippen molar-refractivity contribution in [1.29, 1.82) is 0 Å². The summed E-state index contributed by atoms with van der Waals surface area (Å²) in [6, 6.07) is -0.330. The van der Waals surface area contributed by atoms with E-state index in [0.29, 0.717) is 5.84 Å². The van der Waals surface area contributed by atoms with Crippen molar-refractivity contribution >= 4 is 35.8 Å². The molecular formula is C12H16N3O2S+. The molecule has 0 N–H and O–H groups in total. The van der Waals surface area contributed by atoms with Crippen molar-refractivity contribution < 1.29 is 14.2 Å². The van der Waals surface area contributed by atoms with Crippen molar-refractivity contribution in [3.8, 4) is 0 Å². The van der Waals surface area contributed by atoms with Gasteiger partial charge in [-0.3, -0.25) is 4.79 Å². The van der Waals surface area contributed by atoms with Crippen LogP contribution in [0.4, 0.5) is 4.79 Å². The first-order valence-electron chi connectivity index (χ1n) is 5.78. The molecule has 0 saturated heterocycles. The number of imide groups is 1. The normalized spacial score (nSPS) is 24.0. The maximum atomic E-state index is 12.3. The lowest BCUT2D eigenvalue weighted by molar-refractivity contribution is -0.407. The number of carbonyl (C=O) groups is 2. The van der Waals surface area contributed by atoms with Crippen LogP contribution in [0.5, 0.6) is 0 Å². The molecule has 18 heavy (non-hydrogen) atoms. The molecule has 2 heterocycles. The molecule has 96 valence electrons. The van der Waals surface area contributed by atoms with Crippen LogP contribution >= 0.6 is 11.8 Å². The highest BCUT2D eigenvalue weighted by atomic mass is 32.2. The summed E-state index contributed by atoms with van der Waals surface area (Å²) in [5.74, 6) is 0.802. The molecular weight excluding hydrogens is 250 g/mol. The third-order valence-electron chi connectivity index (χ3n) is 3.09. The summed E-state index contributed by atoms with van der Waals surface area (Å²) in [4.78, 5) is 30.6. The second-order valence-corrected chi connectivity index (χ2v) is 5.57. The Morgan fingerprint density at radius 3 is 2.78 bits per heavy atom. The average molecular weight is 266 g/mol. The number of urea groups is 1. The second-order valence-electron chi connectivity index (χ2n) is 4.27. The quantitative estimate of drug-likeness (QED) is 0.709. The number of allylic oxidation sites excluding steroid dienone is 1. The number of nitrogens with zero attached hydrogens (tertiary/aromatic N) is 3. The molecule has 5 nitrogen and oxygen atoms in total. The molecule has 2 aliphatic heterocycles. The van der Waals surface area contributed by atoms with E-state index in [1.807, 2.05) is 13.8 Å². The van der Waals surface area contributed by atoms with Crippen LogP contribution in [0.2, 0.25) is 0 Å². The van der Waals surface area contributed by atoms with Crippen molar-refractivity contribution in [3.05, 3.63) is 10.5 Å². The SMILES string of the molecule is CCSC1=C(C)C=NC2=[N+](C)C(=O)N(C)C(=O)C12. The largest absolute Gasteiger partial charge is 0.445 e. The fraction of sp³-hybridized carbons (Fsp3) is 0.500. The van der Waals surface area contributed by atoms with Gasteiger partial charge in [-0.2, -0.15) is 9.48 Å². The number of fused-ring (bicyclic) bond motifs is 1. The molecule has 3 amide bonds. The molecule has 0 saturated carbocycles.